The van der Waals surface area contributed by atoms with Gasteiger partial charge in [-0.25, -0.2) is 4.68 Å². The summed E-state index contributed by atoms with van der Waals surface area (Å²) in [4.78, 5) is 33.4. The summed E-state index contributed by atoms with van der Waals surface area (Å²) in [6.07, 6.45) is 1.30. The van der Waals surface area contributed by atoms with E-state index in [1.807, 2.05) is 0 Å². The molecule has 0 saturated carbocycles. The zero-order valence-corrected chi connectivity index (χ0v) is 11.1. The van der Waals surface area contributed by atoms with Crippen molar-refractivity contribution in [2.24, 2.45) is 5.73 Å². The van der Waals surface area contributed by atoms with E-state index in [9.17, 15) is 14.4 Å². The molecule has 8 nitrogen and oxygen atoms in total. The fourth-order valence-electron chi connectivity index (χ4n) is 1.07. The lowest BCUT2D eigenvalue weighted by Gasteiger charge is -2.08. The van der Waals surface area contributed by atoms with Gasteiger partial charge in [0, 0.05) is 0 Å². The number of methoxy groups -OCH3 is 1. The van der Waals surface area contributed by atoms with Crippen molar-refractivity contribution in [3.05, 3.63) is 21.0 Å². The number of aromatic nitrogens is 2. The summed E-state index contributed by atoms with van der Waals surface area (Å²) < 4.78 is 5.52. The highest BCUT2D eigenvalue weighted by molar-refractivity contribution is 9.10. The summed E-state index contributed by atoms with van der Waals surface area (Å²) in [7, 11) is 1.21. The molecule has 1 rings (SSSR count). The lowest BCUT2D eigenvalue weighted by Crippen LogP contribution is -2.29. The average molecular weight is 319 g/mol. The molecule has 0 radical (unpaired) electrons. The van der Waals surface area contributed by atoms with E-state index >= 15 is 0 Å². The number of hydrogen-bond donors (Lipinski definition) is 2. The fourth-order valence-corrected chi connectivity index (χ4v) is 1.52. The van der Waals surface area contributed by atoms with Crippen molar-refractivity contribution >= 4 is 33.5 Å². The molecular formula is C9H11BrN4O4. The zero-order valence-electron chi connectivity index (χ0n) is 9.47. The van der Waals surface area contributed by atoms with E-state index in [1.165, 1.54) is 13.3 Å². The monoisotopic (exact) mass is 318 g/mol. The minimum absolute atomic E-state index is 0.124. The van der Waals surface area contributed by atoms with Crippen LogP contribution in [0.3, 0.4) is 0 Å². The van der Waals surface area contributed by atoms with Gasteiger partial charge in [0.25, 0.3) is 5.56 Å². The predicted octanol–water partition coefficient (Wildman–Crippen LogP) is -0.924. The number of rotatable bonds is 5. The summed E-state index contributed by atoms with van der Waals surface area (Å²) in [5.41, 5.74) is 4.76. The molecule has 0 atom stereocenters. The van der Waals surface area contributed by atoms with Crippen LogP contribution in [0.5, 0.6) is 0 Å². The number of carbonyl (C=O) groups excluding carboxylic acids is 2. The highest BCUT2D eigenvalue weighted by atomic mass is 79.9. The molecule has 98 valence electrons. The quantitative estimate of drug-likeness (QED) is 0.678. The van der Waals surface area contributed by atoms with Crippen LogP contribution in [-0.2, 0) is 20.9 Å². The third-order valence-electron chi connectivity index (χ3n) is 1.94. The number of primary amides is 1. The minimum Gasteiger partial charge on any atom is -0.468 e. The largest absolute Gasteiger partial charge is 0.468 e. The van der Waals surface area contributed by atoms with Crippen molar-refractivity contribution in [2.75, 3.05) is 19.0 Å². The first kappa shape index (κ1) is 14.2. The topological polar surface area (TPSA) is 116 Å². The maximum Gasteiger partial charge on any atom is 0.327 e. The van der Waals surface area contributed by atoms with Crippen molar-refractivity contribution in [1.82, 2.24) is 9.78 Å². The Labute approximate surface area is 110 Å². The summed E-state index contributed by atoms with van der Waals surface area (Å²) in [5, 5.41) is 6.40. The van der Waals surface area contributed by atoms with Crippen LogP contribution < -0.4 is 16.6 Å². The van der Waals surface area contributed by atoms with Crippen LogP contribution in [0.2, 0.25) is 0 Å². The molecule has 0 aliphatic heterocycles. The zero-order chi connectivity index (χ0) is 13.7. The maximum atomic E-state index is 11.8. The number of carbonyl (C=O) groups is 2. The van der Waals surface area contributed by atoms with E-state index in [0.717, 1.165) is 4.68 Å². The fraction of sp³-hybridized carbons (Fsp3) is 0.333. The Morgan fingerprint density at radius 3 is 2.83 bits per heavy atom. The first-order chi connectivity index (χ1) is 8.45. The molecule has 0 aliphatic rings. The molecule has 0 unspecified atom stereocenters. The number of nitrogens with two attached hydrogens (primary N) is 1. The number of nitrogens with one attached hydrogen (secondary N) is 1. The van der Waals surface area contributed by atoms with Crippen LogP contribution in [0.1, 0.15) is 0 Å². The standard InChI is InChI=1S/C9H11BrN4O4/c1-18-7(16)4-14-9(17)8(10)5(2-13-14)12-3-6(11)15/h2,12H,3-4H2,1H3,(H2,11,15). The second kappa shape index (κ2) is 6.15. The van der Waals surface area contributed by atoms with Gasteiger partial charge >= 0.3 is 5.97 Å². The highest BCUT2D eigenvalue weighted by Gasteiger charge is 2.11. The maximum absolute atomic E-state index is 11.8. The van der Waals surface area contributed by atoms with E-state index < -0.39 is 17.4 Å². The van der Waals surface area contributed by atoms with Crippen molar-refractivity contribution in [2.45, 2.75) is 6.54 Å². The number of anilines is 1. The molecular weight excluding hydrogens is 308 g/mol. The third-order valence-corrected chi connectivity index (χ3v) is 2.71. The number of amides is 1. The third kappa shape index (κ3) is 3.55. The first-order valence-electron chi connectivity index (χ1n) is 4.80. The SMILES string of the molecule is COC(=O)Cn1ncc(NCC(N)=O)c(Br)c1=O. The van der Waals surface area contributed by atoms with E-state index in [1.54, 1.807) is 0 Å². The Kier molecular flexibility index (Phi) is 4.84. The van der Waals surface area contributed by atoms with Gasteiger partial charge < -0.3 is 15.8 Å². The first-order valence-corrected chi connectivity index (χ1v) is 5.59. The van der Waals surface area contributed by atoms with Crippen LogP contribution in [0, 0.1) is 0 Å². The Hall–Kier alpha value is -1.90. The lowest BCUT2D eigenvalue weighted by atomic mass is 10.4. The number of hydrogen-bond acceptors (Lipinski definition) is 6. The number of nitrogens with zero attached hydrogens (tertiary/aromatic N) is 2. The summed E-state index contributed by atoms with van der Waals surface area (Å²) in [6.45, 7) is -0.412. The highest BCUT2D eigenvalue weighted by Crippen LogP contribution is 2.15. The number of ether oxygens (including phenoxy) is 1. The molecule has 1 aromatic rings. The average Bonchev–Trinajstić information content (AvgIpc) is 2.33. The molecule has 1 amide bonds. The minimum atomic E-state index is -0.589. The van der Waals surface area contributed by atoms with Gasteiger partial charge in [0.1, 0.15) is 11.0 Å². The van der Waals surface area contributed by atoms with Crippen LogP contribution >= 0.6 is 15.9 Å². The molecule has 9 heteroatoms. The Bertz CT molecular complexity index is 528. The second-order valence-electron chi connectivity index (χ2n) is 3.23. The molecule has 1 heterocycles. The summed E-state index contributed by atoms with van der Waals surface area (Å²) in [6, 6.07) is 0. The Balaban J connectivity index is 2.94. The molecule has 18 heavy (non-hydrogen) atoms. The molecule has 0 saturated heterocycles. The predicted molar refractivity (Wildman–Crippen MR) is 65.9 cm³/mol. The van der Waals surface area contributed by atoms with Gasteiger partial charge in [0.05, 0.1) is 25.5 Å². The van der Waals surface area contributed by atoms with Crippen molar-refractivity contribution in [3.63, 3.8) is 0 Å². The van der Waals surface area contributed by atoms with Gasteiger partial charge in [-0.3, -0.25) is 14.4 Å². The van der Waals surface area contributed by atoms with E-state index in [-0.39, 0.29) is 17.6 Å². The molecule has 1 aromatic heterocycles. The number of esters is 1. The van der Waals surface area contributed by atoms with E-state index in [0.29, 0.717) is 5.69 Å². The molecule has 0 spiro atoms. The van der Waals surface area contributed by atoms with Crippen molar-refractivity contribution in [3.8, 4) is 0 Å². The van der Waals surface area contributed by atoms with Gasteiger partial charge in [-0.15, -0.1) is 0 Å². The molecule has 3 N–H and O–H groups in total. The van der Waals surface area contributed by atoms with Crippen LogP contribution in [0.25, 0.3) is 0 Å². The van der Waals surface area contributed by atoms with Gasteiger partial charge in [0.2, 0.25) is 5.91 Å². The number of halogens is 1. The van der Waals surface area contributed by atoms with Crippen molar-refractivity contribution in [1.29, 1.82) is 0 Å². The lowest BCUT2D eigenvalue weighted by molar-refractivity contribution is -0.141. The summed E-state index contributed by atoms with van der Waals surface area (Å²) in [5.74, 6) is -1.16. The van der Waals surface area contributed by atoms with E-state index in [4.69, 9.17) is 5.73 Å². The normalized spacial score (nSPS) is 9.89. The van der Waals surface area contributed by atoms with Crippen LogP contribution in [0.15, 0.2) is 15.5 Å². The van der Waals surface area contributed by atoms with Gasteiger partial charge in [0.15, 0.2) is 0 Å². The molecule has 0 fully saturated rings. The van der Waals surface area contributed by atoms with Gasteiger partial charge in [-0.2, -0.15) is 5.10 Å². The van der Waals surface area contributed by atoms with E-state index in [2.05, 4.69) is 31.1 Å². The Morgan fingerprint density at radius 1 is 1.61 bits per heavy atom. The van der Waals surface area contributed by atoms with Crippen LogP contribution in [-0.4, -0.2) is 35.3 Å². The molecule has 0 aromatic carbocycles. The van der Waals surface area contributed by atoms with Crippen LogP contribution in [0.4, 0.5) is 5.69 Å². The van der Waals surface area contributed by atoms with Gasteiger partial charge in [-0.05, 0) is 15.9 Å². The van der Waals surface area contributed by atoms with Crippen molar-refractivity contribution < 1.29 is 14.3 Å². The summed E-state index contributed by atoms with van der Waals surface area (Å²) >= 11 is 3.05. The Morgan fingerprint density at radius 2 is 2.28 bits per heavy atom. The van der Waals surface area contributed by atoms with Gasteiger partial charge in [-0.1, -0.05) is 0 Å². The smallest absolute Gasteiger partial charge is 0.327 e. The second-order valence-corrected chi connectivity index (χ2v) is 4.02. The molecule has 0 bridgehead atoms. The molecule has 0 aliphatic carbocycles.